The van der Waals surface area contributed by atoms with Gasteiger partial charge in [0.05, 0.1) is 5.56 Å². The van der Waals surface area contributed by atoms with Crippen molar-refractivity contribution in [2.24, 2.45) is 0 Å². The molecule has 4 aromatic rings. The molecule has 0 aliphatic carbocycles. The summed E-state index contributed by atoms with van der Waals surface area (Å²) in [4.78, 5) is 3.40. The van der Waals surface area contributed by atoms with Gasteiger partial charge < -0.3 is 28.4 Å². The first-order valence-corrected chi connectivity index (χ1v) is 8.58. The number of aromatic amines is 1. The van der Waals surface area contributed by atoms with Crippen molar-refractivity contribution in [2.75, 3.05) is 0 Å². The predicted octanol–water partition coefficient (Wildman–Crippen LogP) is 3.01. The molecule has 2 aromatic heterocycles. The first-order chi connectivity index (χ1) is 12.0. The molecule has 0 fully saturated rings. The zero-order chi connectivity index (χ0) is 17.6. The van der Waals surface area contributed by atoms with E-state index in [1.807, 2.05) is 30.5 Å². The van der Waals surface area contributed by atoms with E-state index in [1.54, 1.807) is 0 Å². The first kappa shape index (κ1) is 18.6. The number of para-hydroxylation sites is 1. The largest absolute Gasteiger partial charge is 1.00 e. The van der Waals surface area contributed by atoms with Crippen LogP contribution in [0.4, 0.5) is 0 Å². The number of H-pyrrole nitrogens is 1. The molecule has 0 spiro atoms. The molecule has 4 rings (SSSR count). The number of hydrogen-bond acceptors (Lipinski definition) is 1. The topological polar surface area (TPSA) is 27.3 Å². The van der Waals surface area contributed by atoms with Crippen LogP contribution in [0.2, 0.25) is 0 Å². The number of fused-ring (bicyclic) bond motifs is 3. The average molecular weight is 455 g/mol. The van der Waals surface area contributed by atoms with E-state index in [4.69, 9.17) is 4.42 Å². The number of hydrogen-bond donors (Lipinski definition) is 0. The third-order valence-electron chi connectivity index (χ3n) is 4.73. The third kappa shape index (κ3) is 3.16. The van der Waals surface area contributed by atoms with Crippen molar-refractivity contribution in [3.05, 3.63) is 72.4 Å². The first-order valence-electron chi connectivity index (χ1n) is 8.58. The van der Waals surface area contributed by atoms with Crippen molar-refractivity contribution >= 4 is 28.0 Å². The fourth-order valence-corrected chi connectivity index (χ4v) is 3.28. The van der Waals surface area contributed by atoms with E-state index in [9.17, 15) is 0 Å². The molecule has 3 heteroatoms. The Balaban J connectivity index is 0.00000196. The summed E-state index contributed by atoms with van der Waals surface area (Å²) >= 11 is 0. The molecule has 2 aromatic carbocycles. The highest BCUT2D eigenvalue weighted by molar-refractivity contribution is 6.07. The van der Waals surface area contributed by atoms with Crippen molar-refractivity contribution in [3.8, 4) is 11.3 Å². The van der Waals surface area contributed by atoms with Crippen LogP contribution in [0.25, 0.3) is 39.3 Å². The van der Waals surface area contributed by atoms with Crippen LogP contribution < -0.4 is 29.0 Å². The molecule has 132 valence electrons. The van der Waals surface area contributed by atoms with Gasteiger partial charge in [-0.1, -0.05) is 51.6 Å². The summed E-state index contributed by atoms with van der Waals surface area (Å²) in [7, 11) is 0. The molecule has 0 saturated heterocycles. The second kappa shape index (κ2) is 6.88. The lowest BCUT2D eigenvalue weighted by Crippen LogP contribution is -3.00. The second-order valence-electron chi connectivity index (χ2n) is 7.48. The van der Waals surface area contributed by atoms with Crippen LogP contribution in [-0.2, 0) is 5.41 Å². The summed E-state index contributed by atoms with van der Waals surface area (Å²) in [6.45, 7) is 10.7. The summed E-state index contributed by atoms with van der Waals surface area (Å²) in [6.07, 6.45) is 3.90. The van der Waals surface area contributed by atoms with Gasteiger partial charge in [0.25, 0.3) is 0 Å². The van der Waals surface area contributed by atoms with Gasteiger partial charge in [-0.2, -0.15) is 0 Å². The Kier molecular flexibility index (Phi) is 4.93. The van der Waals surface area contributed by atoms with Crippen LogP contribution in [0.1, 0.15) is 31.9 Å². The highest BCUT2D eigenvalue weighted by Gasteiger charge is 2.19. The maximum absolute atomic E-state index is 6.01. The smallest absolute Gasteiger partial charge is 0.211 e. The van der Waals surface area contributed by atoms with Crippen LogP contribution >= 0.6 is 0 Å². The summed E-state index contributed by atoms with van der Waals surface area (Å²) < 4.78 is 6.01. The molecule has 0 aliphatic heterocycles. The lowest BCUT2D eigenvalue weighted by atomic mass is 9.86. The number of pyridine rings is 1. The second-order valence-corrected chi connectivity index (χ2v) is 7.48. The number of rotatable bonds is 2. The van der Waals surface area contributed by atoms with Gasteiger partial charge in [-0.05, 0) is 34.7 Å². The normalized spacial score (nSPS) is 11.5. The fraction of sp³-hybridized carbons (Fsp3) is 0.174. The highest BCUT2D eigenvalue weighted by Crippen LogP contribution is 2.35. The standard InChI is InChI=1S/C23H21NO.HI/c1-5-15-12-22-19(17-8-6-7-9-21(17)25-22)14-18(15)20-13-16(10-11-24-20)23(2,3)4;/h5-14H,1H2,2-4H3;1H. The molecule has 0 unspecified atom stereocenters. The highest BCUT2D eigenvalue weighted by atomic mass is 127. The molecule has 1 N–H and O–H groups in total. The number of aromatic nitrogens is 1. The van der Waals surface area contributed by atoms with Crippen molar-refractivity contribution in [1.29, 1.82) is 0 Å². The molecule has 26 heavy (non-hydrogen) atoms. The van der Waals surface area contributed by atoms with Crippen molar-refractivity contribution in [2.45, 2.75) is 26.2 Å². The molecule has 2 heterocycles. The predicted molar refractivity (Wildman–Crippen MR) is 105 cm³/mol. The zero-order valence-electron chi connectivity index (χ0n) is 15.3. The van der Waals surface area contributed by atoms with Crippen molar-refractivity contribution in [3.63, 3.8) is 0 Å². The molecular weight excluding hydrogens is 433 g/mol. The van der Waals surface area contributed by atoms with Crippen LogP contribution in [0, 0.1) is 0 Å². The van der Waals surface area contributed by atoms with Crippen LogP contribution in [0.15, 0.2) is 65.7 Å². The summed E-state index contributed by atoms with van der Waals surface area (Å²) in [5, 5.41) is 2.27. The number of halogens is 1. The number of nitrogens with one attached hydrogen (secondary N) is 1. The minimum atomic E-state index is 0. The SMILES string of the molecule is C=Cc1cc2oc3ccccc3c2cc1-c1cc(C(C)(C)C)cc[nH+]1.[I-]. The van der Waals surface area contributed by atoms with E-state index < -0.39 is 0 Å². The van der Waals surface area contributed by atoms with Gasteiger partial charge in [0.15, 0.2) is 6.20 Å². The van der Waals surface area contributed by atoms with Crippen LogP contribution in [-0.4, -0.2) is 0 Å². The Morgan fingerprint density at radius 1 is 0.962 bits per heavy atom. The summed E-state index contributed by atoms with van der Waals surface area (Å²) in [5.41, 5.74) is 6.51. The maximum atomic E-state index is 6.01. The van der Waals surface area contributed by atoms with Gasteiger partial charge in [0, 0.05) is 22.9 Å². The van der Waals surface area contributed by atoms with E-state index in [-0.39, 0.29) is 29.4 Å². The molecule has 2 nitrogen and oxygen atoms in total. The Hall–Kier alpha value is -2.14. The van der Waals surface area contributed by atoms with E-state index in [1.165, 1.54) is 5.56 Å². The molecule has 0 aliphatic rings. The van der Waals surface area contributed by atoms with Crippen molar-refractivity contribution in [1.82, 2.24) is 0 Å². The monoisotopic (exact) mass is 455 g/mol. The maximum Gasteiger partial charge on any atom is 0.211 e. The van der Waals surface area contributed by atoms with E-state index >= 15 is 0 Å². The molecule has 0 atom stereocenters. The lowest BCUT2D eigenvalue weighted by molar-refractivity contribution is -0.364. The minimum Gasteiger partial charge on any atom is -1.00 e. The van der Waals surface area contributed by atoms with Crippen molar-refractivity contribution < 1.29 is 33.4 Å². The fourth-order valence-electron chi connectivity index (χ4n) is 3.28. The zero-order valence-corrected chi connectivity index (χ0v) is 17.4. The molecule has 0 amide bonds. The van der Waals surface area contributed by atoms with Gasteiger partial charge in [-0.3, -0.25) is 0 Å². The van der Waals surface area contributed by atoms with Gasteiger partial charge in [0.1, 0.15) is 11.2 Å². The van der Waals surface area contributed by atoms with Gasteiger partial charge in [-0.25, -0.2) is 4.98 Å². The quantitative estimate of drug-likeness (QED) is 0.427. The average Bonchev–Trinajstić information content (AvgIpc) is 2.97. The van der Waals surface area contributed by atoms with Gasteiger partial charge in [0.2, 0.25) is 5.69 Å². The number of furan rings is 1. The van der Waals surface area contributed by atoms with Gasteiger partial charge >= 0.3 is 0 Å². The lowest BCUT2D eigenvalue weighted by Gasteiger charge is -2.18. The van der Waals surface area contributed by atoms with Crippen LogP contribution in [0.3, 0.4) is 0 Å². The molecule has 0 saturated carbocycles. The number of benzene rings is 2. The Morgan fingerprint density at radius 3 is 2.46 bits per heavy atom. The third-order valence-corrected chi connectivity index (χ3v) is 4.73. The Labute approximate surface area is 171 Å². The minimum absolute atomic E-state index is 0. The summed E-state index contributed by atoms with van der Waals surface area (Å²) in [6, 6.07) is 16.8. The Bertz CT molecular complexity index is 1100. The van der Waals surface area contributed by atoms with Crippen LogP contribution in [0.5, 0.6) is 0 Å². The molecule has 0 radical (unpaired) electrons. The Morgan fingerprint density at radius 2 is 1.73 bits per heavy atom. The van der Waals surface area contributed by atoms with E-state index in [0.29, 0.717) is 0 Å². The van der Waals surface area contributed by atoms with E-state index in [2.05, 4.69) is 62.7 Å². The van der Waals surface area contributed by atoms with Gasteiger partial charge in [-0.15, -0.1) is 0 Å². The van der Waals surface area contributed by atoms with E-state index in [0.717, 1.165) is 38.8 Å². The molecular formula is C23H22INO. The molecule has 0 bridgehead atoms. The summed E-state index contributed by atoms with van der Waals surface area (Å²) in [5.74, 6) is 0.